The molecule has 0 unspecified atom stereocenters. The van der Waals surface area contributed by atoms with Gasteiger partial charge in [-0.25, -0.2) is 0 Å². The van der Waals surface area contributed by atoms with Gasteiger partial charge in [0.15, 0.2) is 0 Å². The van der Waals surface area contributed by atoms with E-state index in [1.165, 1.54) is 0 Å². The fourth-order valence-corrected chi connectivity index (χ4v) is 1.83. The van der Waals surface area contributed by atoms with Crippen LogP contribution in [0, 0.1) is 6.92 Å². The summed E-state index contributed by atoms with van der Waals surface area (Å²) in [6.45, 7) is 4.97. The van der Waals surface area contributed by atoms with Crippen molar-refractivity contribution in [1.29, 1.82) is 0 Å². The summed E-state index contributed by atoms with van der Waals surface area (Å²) >= 11 is 0. The predicted octanol–water partition coefficient (Wildman–Crippen LogP) is 1.68. The van der Waals surface area contributed by atoms with Crippen LogP contribution in [-0.2, 0) is 4.79 Å². The maximum absolute atomic E-state index is 11.9. The molecular formula is C15H23N3O2. The van der Waals surface area contributed by atoms with Gasteiger partial charge in [-0.2, -0.15) is 0 Å². The first-order chi connectivity index (χ1) is 9.58. The van der Waals surface area contributed by atoms with Crippen LogP contribution >= 0.6 is 0 Å². The van der Waals surface area contributed by atoms with Gasteiger partial charge in [0, 0.05) is 37.8 Å². The van der Waals surface area contributed by atoms with Crippen molar-refractivity contribution in [2.24, 2.45) is 0 Å². The summed E-state index contributed by atoms with van der Waals surface area (Å²) in [6, 6.07) is 5.47. The van der Waals surface area contributed by atoms with E-state index in [1.807, 2.05) is 33.0 Å². The van der Waals surface area contributed by atoms with Crippen LogP contribution in [0.15, 0.2) is 18.2 Å². The molecule has 110 valence electrons. The molecule has 1 aromatic rings. The van der Waals surface area contributed by atoms with E-state index in [1.54, 1.807) is 6.07 Å². The molecule has 1 rings (SSSR count). The molecule has 1 aromatic carbocycles. The highest BCUT2D eigenvalue weighted by molar-refractivity contribution is 5.95. The highest BCUT2D eigenvalue weighted by Gasteiger charge is 2.08. The number of benzene rings is 1. The van der Waals surface area contributed by atoms with E-state index >= 15 is 0 Å². The number of nitrogens with one attached hydrogen (secondary N) is 3. The minimum absolute atomic E-state index is 0.0335. The molecule has 3 N–H and O–H groups in total. The van der Waals surface area contributed by atoms with E-state index in [-0.39, 0.29) is 11.8 Å². The third-order valence-corrected chi connectivity index (χ3v) is 2.97. The van der Waals surface area contributed by atoms with Gasteiger partial charge < -0.3 is 16.0 Å². The monoisotopic (exact) mass is 277 g/mol. The Balaban J connectivity index is 2.43. The van der Waals surface area contributed by atoms with E-state index in [2.05, 4.69) is 16.0 Å². The maximum Gasteiger partial charge on any atom is 0.251 e. The van der Waals surface area contributed by atoms with Crippen LogP contribution in [0.4, 0.5) is 5.69 Å². The Kier molecular flexibility index (Phi) is 6.56. The van der Waals surface area contributed by atoms with Crippen LogP contribution in [0.2, 0.25) is 0 Å². The van der Waals surface area contributed by atoms with Gasteiger partial charge in [0.2, 0.25) is 5.91 Å². The maximum atomic E-state index is 11.9. The van der Waals surface area contributed by atoms with Gasteiger partial charge in [0.1, 0.15) is 0 Å². The minimum atomic E-state index is -0.154. The fraction of sp³-hybridized carbons (Fsp3) is 0.467. The smallest absolute Gasteiger partial charge is 0.251 e. The lowest BCUT2D eigenvalue weighted by molar-refractivity contribution is -0.120. The van der Waals surface area contributed by atoms with Crippen molar-refractivity contribution in [2.45, 2.75) is 26.7 Å². The fourth-order valence-electron chi connectivity index (χ4n) is 1.83. The quantitative estimate of drug-likeness (QED) is 0.710. The van der Waals surface area contributed by atoms with E-state index < -0.39 is 0 Å². The van der Waals surface area contributed by atoms with Gasteiger partial charge >= 0.3 is 0 Å². The van der Waals surface area contributed by atoms with Crippen molar-refractivity contribution in [1.82, 2.24) is 10.6 Å². The molecule has 0 aliphatic heterocycles. The van der Waals surface area contributed by atoms with Crippen molar-refractivity contribution in [2.75, 3.05) is 25.5 Å². The number of anilines is 1. The highest BCUT2D eigenvalue weighted by atomic mass is 16.2. The van der Waals surface area contributed by atoms with Gasteiger partial charge in [-0.1, -0.05) is 6.92 Å². The Morgan fingerprint density at radius 3 is 2.50 bits per heavy atom. The van der Waals surface area contributed by atoms with Gasteiger partial charge in [-0.05, 0) is 37.1 Å². The van der Waals surface area contributed by atoms with E-state index in [0.717, 1.165) is 17.7 Å². The topological polar surface area (TPSA) is 70.2 Å². The van der Waals surface area contributed by atoms with Crippen molar-refractivity contribution in [3.8, 4) is 0 Å². The Morgan fingerprint density at radius 2 is 1.90 bits per heavy atom. The van der Waals surface area contributed by atoms with Gasteiger partial charge in [-0.15, -0.1) is 0 Å². The Bertz CT molecular complexity index is 472. The largest absolute Gasteiger partial charge is 0.388 e. The summed E-state index contributed by atoms with van der Waals surface area (Å²) < 4.78 is 0. The van der Waals surface area contributed by atoms with Crippen LogP contribution in [0.3, 0.4) is 0 Å². The zero-order chi connectivity index (χ0) is 15.0. The van der Waals surface area contributed by atoms with Gasteiger partial charge in [0.25, 0.3) is 5.91 Å². The van der Waals surface area contributed by atoms with Gasteiger partial charge in [0.05, 0.1) is 0 Å². The molecule has 0 fully saturated rings. The number of hydrogen-bond donors (Lipinski definition) is 3. The standard InChI is InChI=1S/C15H23N3O2/c1-4-8-17-14(19)7-9-18-15(20)12-5-6-13(16-3)11(2)10-12/h5-6,10,16H,4,7-9H2,1-3H3,(H,17,19)(H,18,20). The summed E-state index contributed by atoms with van der Waals surface area (Å²) in [6.07, 6.45) is 1.22. The number of carbonyl (C=O) groups excluding carboxylic acids is 2. The van der Waals surface area contributed by atoms with Crippen LogP contribution < -0.4 is 16.0 Å². The zero-order valence-electron chi connectivity index (χ0n) is 12.4. The van der Waals surface area contributed by atoms with Crippen LogP contribution in [0.5, 0.6) is 0 Å². The number of hydrogen-bond acceptors (Lipinski definition) is 3. The molecule has 0 heterocycles. The van der Waals surface area contributed by atoms with Crippen molar-refractivity contribution in [3.05, 3.63) is 29.3 Å². The molecule has 0 radical (unpaired) electrons. The average Bonchev–Trinajstić information content (AvgIpc) is 2.44. The van der Waals surface area contributed by atoms with Crippen LogP contribution in [0.1, 0.15) is 35.7 Å². The Morgan fingerprint density at radius 1 is 1.15 bits per heavy atom. The lowest BCUT2D eigenvalue weighted by Gasteiger charge is -2.09. The minimum Gasteiger partial charge on any atom is -0.388 e. The lowest BCUT2D eigenvalue weighted by atomic mass is 10.1. The first-order valence-electron chi connectivity index (χ1n) is 6.91. The van der Waals surface area contributed by atoms with Crippen LogP contribution in [-0.4, -0.2) is 32.0 Å². The average molecular weight is 277 g/mol. The molecule has 0 spiro atoms. The third kappa shape index (κ3) is 4.91. The summed E-state index contributed by atoms with van der Waals surface area (Å²) in [4.78, 5) is 23.3. The Hall–Kier alpha value is -2.04. The molecule has 5 nitrogen and oxygen atoms in total. The second-order valence-corrected chi connectivity index (χ2v) is 4.64. The predicted molar refractivity (Wildman–Crippen MR) is 81.0 cm³/mol. The normalized spacial score (nSPS) is 9.95. The zero-order valence-corrected chi connectivity index (χ0v) is 12.4. The molecule has 0 aliphatic carbocycles. The number of carbonyl (C=O) groups is 2. The number of aryl methyl sites for hydroxylation is 1. The van der Waals surface area contributed by atoms with Crippen molar-refractivity contribution in [3.63, 3.8) is 0 Å². The van der Waals surface area contributed by atoms with Gasteiger partial charge in [-0.3, -0.25) is 9.59 Å². The Labute approximate surface area is 120 Å². The second-order valence-electron chi connectivity index (χ2n) is 4.64. The van der Waals surface area contributed by atoms with E-state index in [0.29, 0.717) is 25.1 Å². The molecule has 0 saturated heterocycles. The molecule has 0 bridgehead atoms. The van der Waals surface area contributed by atoms with E-state index in [4.69, 9.17) is 0 Å². The second kappa shape index (κ2) is 8.19. The third-order valence-electron chi connectivity index (χ3n) is 2.97. The SMILES string of the molecule is CCCNC(=O)CCNC(=O)c1ccc(NC)c(C)c1. The van der Waals surface area contributed by atoms with Crippen molar-refractivity contribution >= 4 is 17.5 Å². The number of rotatable bonds is 7. The highest BCUT2D eigenvalue weighted by Crippen LogP contribution is 2.15. The van der Waals surface area contributed by atoms with Crippen LogP contribution in [0.25, 0.3) is 0 Å². The summed E-state index contributed by atoms with van der Waals surface area (Å²) in [5.41, 5.74) is 2.62. The number of amides is 2. The summed E-state index contributed by atoms with van der Waals surface area (Å²) in [5.74, 6) is -0.187. The molecule has 2 amide bonds. The first-order valence-corrected chi connectivity index (χ1v) is 6.91. The molecule has 0 aromatic heterocycles. The molecular weight excluding hydrogens is 254 g/mol. The molecule has 0 saturated carbocycles. The molecule has 20 heavy (non-hydrogen) atoms. The van der Waals surface area contributed by atoms with E-state index in [9.17, 15) is 9.59 Å². The molecule has 0 atom stereocenters. The molecule has 5 heteroatoms. The van der Waals surface area contributed by atoms with Crippen molar-refractivity contribution < 1.29 is 9.59 Å². The lowest BCUT2D eigenvalue weighted by Crippen LogP contribution is -2.31. The first kappa shape index (κ1) is 16.0. The molecule has 0 aliphatic rings. The summed E-state index contributed by atoms with van der Waals surface area (Å²) in [7, 11) is 1.84. The summed E-state index contributed by atoms with van der Waals surface area (Å²) in [5, 5.41) is 8.58.